The summed E-state index contributed by atoms with van der Waals surface area (Å²) in [4.78, 5) is 25.6. The second kappa shape index (κ2) is 62.2. The van der Waals surface area contributed by atoms with E-state index in [4.69, 9.17) is 9.05 Å². The first-order valence-corrected chi connectivity index (χ1v) is 35.0. The molecule has 0 aromatic rings. The number of carbonyl (C=O) groups is 1. The summed E-state index contributed by atoms with van der Waals surface area (Å²) in [5.74, 6) is -0.186. The lowest BCUT2D eigenvalue weighted by atomic mass is 10.0. The molecule has 0 aromatic heterocycles. The fourth-order valence-corrected chi connectivity index (χ4v) is 9.95. The molecular weight excluding hydrogens is 1030 g/mol. The molecule has 0 aliphatic carbocycles. The van der Waals surface area contributed by atoms with Crippen molar-refractivity contribution in [3.8, 4) is 0 Å². The Morgan fingerprint density at radius 1 is 0.439 bits per heavy atom. The number of allylic oxidation sites excluding steroid dienone is 22. The van der Waals surface area contributed by atoms with E-state index in [0.29, 0.717) is 23.9 Å². The zero-order valence-electron chi connectivity index (χ0n) is 53.6. The van der Waals surface area contributed by atoms with E-state index in [2.05, 4.69) is 153 Å². The monoisotopic (exact) mass is 1160 g/mol. The van der Waals surface area contributed by atoms with Gasteiger partial charge in [-0.25, -0.2) is 0 Å². The van der Waals surface area contributed by atoms with E-state index in [9.17, 15) is 19.4 Å². The number of carbonyl (C=O) groups excluding carboxylic acids is 1. The molecule has 0 rings (SSSR count). The van der Waals surface area contributed by atoms with Crippen LogP contribution in [-0.4, -0.2) is 68.5 Å². The number of unbranched alkanes of at least 4 members (excludes halogenated alkanes) is 25. The van der Waals surface area contributed by atoms with Crippen LogP contribution in [0.15, 0.2) is 134 Å². The Balaban J connectivity index is 4.17. The van der Waals surface area contributed by atoms with Crippen LogP contribution in [0.1, 0.15) is 271 Å². The molecule has 0 aromatic carbocycles. The van der Waals surface area contributed by atoms with Crippen molar-refractivity contribution in [2.75, 3.05) is 40.9 Å². The van der Waals surface area contributed by atoms with E-state index in [1.807, 2.05) is 21.1 Å². The van der Waals surface area contributed by atoms with Gasteiger partial charge in [0.1, 0.15) is 13.2 Å². The van der Waals surface area contributed by atoms with Gasteiger partial charge in [-0.05, 0) is 96.3 Å². The fourth-order valence-electron chi connectivity index (χ4n) is 9.22. The summed E-state index contributed by atoms with van der Waals surface area (Å²) in [6, 6.07) is -0.822. The number of amides is 1. The Kier molecular flexibility index (Phi) is 59.6. The average Bonchev–Trinajstić information content (AvgIpc) is 3.46. The summed E-state index contributed by atoms with van der Waals surface area (Å²) >= 11 is 0. The molecule has 3 atom stereocenters. The molecule has 0 saturated heterocycles. The predicted octanol–water partition coefficient (Wildman–Crippen LogP) is 20.8. The lowest BCUT2D eigenvalue weighted by Gasteiger charge is -2.30. The molecule has 82 heavy (non-hydrogen) atoms. The van der Waals surface area contributed by atoms with Crippen molar-refractivity contribution in [3.63, 3.8) is 0 Å². The zero-order chi connectivity index (χ0) is 59.8. The SMILES string of the molecule is CC/C=C\C/C=C\C/C=C\C/C=C\C/C=C\C/C=C\C/C=C\C/C=C\C/C=C\C/C=C\C/C=C\CCCCCCCC(=O)NC(COP(=O)([O-])OCC[N+](C)(C)C)C(O)CCCCCCCCCCCCCCCCCCCCCCC. The molecule has 9 heteroatoms. The van der Waals surface area contributed by atoms with Crippen LogP contribution in [0.2, 0.25) is 0 Å². The molecule has 0 bridgehead atoms. The van der Waals surface area contributed by atoms with Crippen LogP contribution in [0, 0.1) is 0 Å². The minimum absolute atomic E-state index is 0.00172. The maximum atomic E-state index is 13.0. The van der Waals surface area contributed by atoms with Gasteiger partial charge >= 0.3 is 0 Å². The molecule has 0 aliphatic rings. The highest BCUT2D eigenvalue weighted by Gasteiger charge is 2.24. The maximum Gasteiger partial charge on any atom is 0.268 e. The first-order chi connectivity index (χ1) is 40.0. The molecule has 0 saturated carbocycles. The largest absolute Gasteiger partial charge is 0.756 e. The minimum atomic E-state index is -4.59. The summed E-state index contributed by atoms with van der Waals surface area (Å²) in [5, 5.41) is 14.1. The number of nitrogens with zero attached hydrogens (tertiary/aromatic N) is 1. The molecule has 3 unspecified atom stereocenters. The van der Waals surface area contributed by atoms with E-state index >= 15 is 0 Å². The Hall–Kier alpha value is -3.36. The Morgan fingerprint density at radius 2 is 0.744 bits per heavy atom. The molecule has 0 radical (unpaired) electrons. The lowest BCUT2D eigenvalue weighted by molar-refractivity contribution is -0.870. The number of hydrogen-bond donors (Lipinski definition) is 2. The number of quaternary nitrogens is 1. The minimum Gasteiger partial charge on any atom is -0.756 e. The van der Waals surface area contributed by atoms with E-state index in [-0.39, 0.29) is 19.1 Å². The standard InChI is InChI=1S/C73H127N2O6P/c1-6-8-10-12-14-16-18-20-22-24-26-28-29-30-31-32-33-34-35-36-37-38-39-40-41-42-43-44-45-47-49-51-53-55-57-59-61-63-65-67-73(77)74-71(70-81-82(78,79)80-69-68-75(3,4)5)72(76)66-64-62-60-58-56-54-52-50-48-46-27-25-23-21-19-17-15-13-11-9-7-2/h8,10,14,16,20,22,26,28,30-31,33-34,36-37,39-40,42-43,45,47,51,53,71-72,76H,6-7,9,11-13,15,17-19,21,23-25,27,29,32,35,38,41,44,46,48-50,52,54-70H2,1-5H3,(H-,74,77,78,79)/b10-8-,16-14-,22-20-,28-26-,31-30-,34-33-,37-36-,40-39-,43-42-,47-45-,53-51-. The number of phosphoric ester groups is 1. The van der Waals surface area contributed by atoms with Crippen molar-refractivity contribution in [1.29, 1.82) is 0 Å². The van der Waals surface area contributed by atoms with Crippen LogP contribution >= 0.6 is 7.82 Å². The highest BCUT2D eigenvalue weighted by molar-refractivity contribution is 7.45. The van der Waals surface area contributed by atoms with E-state index in [1.54, 1.807) is 0 Å². The third-order valence-corrected chi connectivity index (χ3v) is 15.4. The third kappa shape index (κ3) is 64.2. The van der Waals surface area contributed by atoms with Gasteiger partial charge in [-0.15, -0.1) is 0 Å². The molecule has 8 nitrogen and oxygen atoms in total. The topological polar surface area (TPSA) is 108 Å². The number of phosphoric acid groups is 1. The summed E-state index contributed by atoms with van der Waals surface area (Å²) in [5.41, 5.74) is 0. The van der Waals surface area contributed by atoms with Crippen LogP contribution < -0.4 is 10.2 Å². The highest BCUT2D eigenvalue weighted by Crippen LogP contribution is 2.38. The van der Waals surface area contributed by atoms with E-state index in [0.717, 1.165) is 128 Å². The molecule has 1 amide bonds. The predicted molar refractivity (Wildman–Crippen MR) is 357 cm³/mol. The molecule has 0 spiro atoms. The van der Waals surface area contributed by atoms with Gasteiger partial charge in [-0.2, -0.15) is 0 Å². The first kappa shape index (κ1) is 78.6. The van der Waals surface area contributed by atoms with Gasteiger partial charge in [0.25, 0.3) is 7.82 Å². The van der Waals surface area contributed by atoms with Gasteiger partial charge < -0.3 is 28.8 Å². The second-order valence-corrected chi connectivity index (χ2v) is 24.9. The number of aliphatic hydroxyl groups is 1. The number of likely N-dealkylation sites (N-methyl/N-ethyl adjacent to an activating group) is 1. The van der Waals surface area contributed by atoms with Crippen molar-refractivity contribution >= 4 is 13.7 Å². The quantitative estimate of drug-likeness (QED) is 0.0272. The molecular formula is C73H127N2O6P. The van der Waals surface area contributed by atoms with Crippen molar-refractivity contribution in [1.82, 2.24) is 5.32 Å². The van der Waals surface area contributed by atoms with Gasteiger partial charge in [-0.3, -0.25) is 9.36 Å². The highest BCUT2D eigenvalue weighted by atomic mass is 31.2. The summed E-state index contributed by atoms with van der Waals surface area (Å²) in [6.45, 7) is 4.60. The number of rotatable bonds is 60. The van der Waals surface area contributed by atoms with Crippen LogP contribution in [0.25, 0.3) is 0 Å². The van der Waals surface area contributed by atoms with Crippen molar-refractivity contribution in [2.24, 2.45) is 0 Å². The van der Waals surface area contributed by atoms with Crippen LogP contribution in [0.3, 0.4) is 0 Å². The maximum absolute atomic E-state index is 13.0. The van der Waals surface area contributed by atoms with Gasteiger partial charge in [0.05, 0.1) is 39.9 Å². The lowest BCUT2D eigenvalue weighted by Crippen LogP contribution is -2.46. The fraction of sp³-hybridized carbons (Fsp3) is 0.685. The van der Waals surface area contributed by atoms with Gasteiger partial charge in [0.2, 0.25) is 5.91 Å². The van der Waals surface area contributed by atoms with Crippen molar-refractivity contribution < 1.29 is 32.9 Å². The van der Waals surface area contributed by atoms with Crippen LogP contribution in [0.5, 0.6) is 0 Å². The molecule has 2 N–H and O–H groups in total. The van der Waals surface area contributed by atoms with Crippen molar-refractivity contribution in [2.45, 2.75) is 283 Å². The van der Waals surface area contributed by atoms with Gasteiger partial charge in [-0.1, -0.05) is 302 Å². The first-order valence-electron chi connectivity index (χ1n) is 33.5. The normalized spacial score (nSPS) is 14.6. The van der Waals surface area contributed by atoms with E-state index in [1.165, 1.54) is 116 Å². The second-order valence-electron chi connectivity index (χ2n) is 23.4. The van der Waals surface area contributed by atoms with Crippen molar-refractivity contribution in [3.05, 3.63) is 134 Å². The number of hydrogen-bond acceptors (Lipinski definition) is 6. The van der Waals surface area contributed by atoms with Gasteiger partial charge in [0.15, 0.2) is 0 Å². The summed E-state index contributed by atoms with van der Waals surface area (Å²) in [7, 11) is 1.28. The number of nitrogens with one attached hydrogen (secondary N) is 1. The number of aliphatic hydroxyl groups excluding tert-OH is 1. The van der Waals surface area contributed by atoms with Crippen LogP contribution in [0.4, 0.5) is 0 Å². The summed E-state index contributed by atoms with van der Waals surface area (Å²) < 4.78 is 23.5. The molecule has 470 valence electrons. The molecule has 0 fully saturated rings. The average molecular weight is 1160 g/mol. The zero-order valence-corrected chi connectivity index (χ0v) is 54.5. The van der Waals surface area contributed by atoms with E-state index < -0.39 is 20.0 Å². The Labute approximate surface area is 506 Å². The smallest absolute Gasteiger partial charge is 0.268 e. The Morgan fingerprint density at radius 3 is 1.09 bits per heavy atom. The van der Waals surface area contributed by atoms with Gasteiger partial charge in [0, 0.05) is 6.42 Å². The summed E-state index contributed by atoms with van der Waals surface area (Å²) in [6.07, 6.45) is 93.6. The Bertz CT molecular complexity index is 1800. The molecule has 0 aliphatic heterocycles. The van der Waals surface area contributed by atoms with Crippen LogP contribution in [-0.2, 0) is 18.4 Å². The molecule has 0 heterocycles. The third-order valence-electron chi connectivity index (χ3n) is 14.4.